The summed E-state index contributed by atoms with van der Waals surface area (Å²) in [5, 5.41) is 16.1. The number of aliphatic hydroxyl groups is 1. The SMILES string of the molecule is CC1CCN(C(=O)NCc2ccon2)CC1O. The number of β-amino-alcohol motifs (C(OH)–C–C–N with tert-alkyl or cyclic N) is 1. The number of rotatable bonds is 2. The molecule has 1 aromatic heterocycles. The van der Waals surface area contributed by atoms with Gasteiger partial charge in [0.25, 0.3) is 0 Å². The number of amides is 2. The van der Waals surface area contributed by atoms with Crippen LogP contribution in [0.4, 0.5) is 4.79 Å². The highest BCUT2D eigenvalue weighted by Crippen LogP contribution is 2.16. The lowest BCUT2D eigenvalue weighted by atomic mass is 9.96. The molecule has 2 heterocycles. The van der Waals surface area contributed by atoms with E-state index >= 15 is 0 Å². The van der Waals surface area contributed by atoms with E-state index in [0.717, 1.165) is 6.42 Å². The predicted octanol–water partition coefficient (Wildman–Crippen LogP) is 0.587. The molecule has 2 amide bonds. The molecule has 6 heteroatoms. The summed E-state index contributed by atoms with van der Waals surface area (Å²) in [5.41, 5.74) is 0.685. The minimum atomic E-state index is -0.429. The zero-order chi connectivity index (χ0) is 12.3. The van der Waals surface area contributed by atoms with E-state index in [-0.39, 0.29) is 11.9 Å². The van der Waals surface area contributed by atoms with E-state index in [4.69, 9.17) is 0 Å². The van der Waals surface area contributed by atoms with Crippen LogP contribution >= 0.6 is 0 Å². The summed E-state index contributed by atoms with van der Waals surface area (Å²) in [6, 6.07) is 1.53. The Labute approximate surface area is 99.6 Å². The van der Waals surface area contributed by atoms with Gasteiger partial charge in [0, 0.05) is 19.2 Å². The van der Waals surface area contributed by atoms with Crippen molar-refractivity contribution in [3.8, 4) is 0 Å². The van der Waals surface area contributed by atoms with E-state index in [9.17, 15) is 9.90 Å². The third-order valence-corrected chi connectivity index (χ3v) is 3.12. The fourth-order valence-corrected chi connectivity index (χ4v) is 1.84. The van der Waals surface area contributed by atoms with Crippen LogP contribution in [0, 0.1) is 5.92 Å². The van der Waals surface area contributed by atoms with Crippen LogP contribution in [0.3, 0.4) is 0 Å². The lowest BCUT2D eigenvalue weighted by molar-refractivity contribution is 0.0435. The van der Waals surface area contributed by atoms with Crippen molar-refractivity contribution in [3.63, 3.8) is 0 Å². The lowest BCUT2D eigenvalue weighted by Gasteiger charge is -2.34. The summed E-state index contributed by atoms with van der Waals surface area (Å²) in [6.07, 6.45) is 1.87. The first-order chi connectivity index (χ1) is 8.16. The number of urea groups is 1. The molecule has 17 heavy (non-hydrogen) atoms. The van der Waals surface area contributed by atoms with Gasteiger partial charge in [-0.2, -0.15) is 0 Å². The third-order valence-electron chi connectivity index (χ3n) is 3.12. The molecule has 2 rings (SSSR count). The molecular weight excluding hydrogens is 222 g/mol. The molecule has 1 fully saturated rings. The van der Waals surface area contributed by atoms with Crippen molar-refractivity contribution in [1.82, 2.24) is 15.4 Å². The van der Waals surface area contributed by atoms with Gasteiger partial charge in [-0.25, -0.2) is 4.79 Å². The molecular formula is C11H17N3O3. The second-order valence-corrected chi connectivity index (χ2v) is 4.43. The number of nitrogens with one attached hydrogen (secondary N) is 1. The van der Waals surface area contributed by atoms with Crippen molar-refractivity contribution in [2.24, 2.45) is 5.92 Å². The van der Waals surface area contributed by atoms with Crippen LogP contribution in [0.15, 0.2) is 16.9 Å². The molecule has 1 aliphatic heterocycles. The van der Waals surface area contributed by atoms with Gasteiger partial charge in [-0.05, 0) is 12.3 Å². The summed E-state index contributed by atoms with van der Waals surface area (Å²) in [6.45, 7) is 3.42. The summed E-state index contributed by atoms with van der Waals surface area (Å²) in [7, 11) is 0. The Kier molecular flexibility index (Phi) is 3.63. The average Bonchev–Trinajstić information content (AvgIpc) is 2.82. The topological polar surface area (TPSA) is 78.6 Å². The van der Waals surface area contributed by atoms with Gasteiger partial charge in [0.1, 0.15) is 12.0 Å². The summed E-state index contributed by atoms with van der Waals surface area (Å²) < 4.78 is 4.67. The largest absolute Gasteiger partial charge is 0.391 e. The van der Waals surface area contributed by atoms with Crippen molar-refractivity contribution in [3.05, 3.63) is 18.0 Å². The first kappa shape index (κ1) is 11.9. The number of hydrogen-bond acceptors (Lipinski definition) is 4. The predicted molar refractivity (Wildman–Crippen MR) is 60.1 cm³/mol. The van der Waals surface area contributed by atoms with Crippen molar-refractivity contribution in [2.45, 2.75) is 26.0 Å². The molecule has 0 aromatic carbocycles. The number of aromatic nitrogens is 1. The molecule has 0 radical (unpaired) electrons. The van der Waals surface area contributed by atoms with Crippen LogP contribution in [-0.4, -0.2) is 40.4 Å². The van der Waals surface area contributed by atoms with Gasteiger partial charge in [0.05, 0.1) is 12.6 Å². The Balaban J connectivity index is 1.80. The zero-order valence-electron chi connectivity index (χ0n) is 9.80. The van der Waals surface area contributed by atoms with Crippen molar-refractivity contribution in [1.29, 1.82) is 0 Å². The molecule has 0 bridgehead atoms. The number of hydrogen-bond donors (Lipinski definition) is 2. The molecule has 0 spiro atoms. The lowest BCUT2D eigenvalue weighted by Crippen LogP contribution is -2.49. The normalized spacial score (nSPS) is 24.7. The van der Waals surface area contributed by atoms with Crippen molar-refractivity contribution in [2.75, 3.05) is 13.1 Å². The first-order valence-corrected chi connectivity index (χ1v) is 5.77. The van der Waals surface area contributed by atoms with Gasteiger partial charge in [0.15, 0.2) is 0 Å². The Bertz CT molecular complexity index is 366. The molecule has 0 aliphatic carbocycles. The maximum atomic E-state index is 11.8. The molecule has 2 atom stereocenters. The van der Waals surface area contributed by atoms with Crippen LogP contribution in [-0.2, 0) is 6.54 Å². The van der Waals surface area contributed by atoms with Crippen LogP contribution in [0.2, 0.25) is 0 Å². The van der Waals surface area contributed by atoms with Crippen LogP contribution in [0.25, 0.3) is 0 Å². The van der Waals surface area contributed by atoms with Gasteiger partial charge in [0.2, 0.25) is 0 Å². The minimum Gasteiger partial charge on any atom is -0.391 e. The maximum absolute atomic E-state index is 11.8. The first-order valence-electron chi connectivity index (χ1n) is 5.77. The number of carbonyl (C=O) groups excluding carboxylic acids is 1. The molecule has 2 unspecified atom stereocenters. The van der Waals surface area contributed by atoms with Crippen LogP contribution < -0.4 is 5.32 Å². The molecule has 1 aromatic rings. The van der Waals surface area contributed by atoms with E-state index in [0.29, 0.717) is 25.3 Å². The smallest absolute Gasteiger partial charge is 0.317 e. The maximum Gasteiger partial charge on any atom is 0.317 e. The third kappa shape index (κ3) is 2.97. The van der Waals surface area contributed by atoms with Gasteiger partial charge in [-0.1, -0.05) is 12.1 Å². The van der Waals surface area contributed by atoms with E-state index < -0.39 is 6.10 Å². The molecule has 0 saturated carbocycles. The quantitative estimate of drug-likeness (QED) is 0.791. The molecule has 1 aliphatic rings. The zero-order valence-corrected chi connectivity index (χ0v) is 9.80. The second-order valence-electron chi connectivity index (χ2n) is 4.43. The Morgan fingerprint density at radius 3 is 3.24 bits per heavy atom. The Morgan fingerprint density at radius 1 is 1.76 bits per heavy atom. The Hall–Kier alpha value is -1.56. The number of carbonyl (C=O) groups is 1. The average molecular weight is 239 g/mol. The summed E-state index contributed by atoms with van der Waals surface area (Å²) in [5.74, 6) is 0.259. The number of piperidine rings is 1. The van der Waals surface area contributed by atoms with Gasteiger partial charge < -0.3 is 19.8 Å². The number of nitrogens with zero attached hydrogens (tertiary/aromatic N) is 2. The van der Waals surface area contributed by atoms with Crippen molar-refractivity contribution >= 4 is 6.03 Å². The van der Waals surface area contributed by atoms with E-state index in [1.807, 2.05) is 6.92 Å². The van der Waals surface area contributed by atoms with Crippen LogP contribution in [0.1, 0.15) is 19.0 Å². The minimum absolute atomic E-state index is 0.168. The fraction of sp³-hybridized carbons (Fsp3) is 0.636. The van der Waals surface area contributed by atoms with E-state index in [1.165, 1.54) is 6.26 Å². The van der Waals surface area contributed by atoms with E-state index in [1.54, 1.807) is 11.0 Å². The number of aliphatic hydroxyl groups excluding tert-OH is 1. The monoisotopic (exact) mass is 239 g/mol. The molecule has 6 nitrogen and oxygen atoms in total. The molecule has 1 saturated heterocycles. The standard InChI is InChI=1S/C11H17N3O3/c1-8-2-4-14(7-10(8)15)11(16)12-6-9-3-5-17-13-9/h3,5,8,10,15H,2,4,6-7H2,1H3,(H,12,16). The fourth-order valence-electron chi connectivity index (χ4n) is 1.84. The van der Waals surface area contributed by atoms with Gasteiger partial charge in [-0.3, -0.25) is 0 Å². The second kappa shape index (κ2) is 5.18. The van der Waals surface area contributed by atoms with Gasteiger partial charge >= 0.3 is 6.03 Å². The highest BCUT2D eigenvalue weighted by atomic mass is 16.5. The Morgan fingerprint density at radius 2 is 2.59 bits per heavy atom. The summed E-state index contributed by atoms with van der Waals surface area (Å²) in [4.78, 5) is 13.4. The molecule has 2 N–H and O–H groups in total. The number of likely N-dealkylation sites (tertiary alicyclic amines) is 1. The van der Waals surface area contributed by atoms with Gasteiger partial charge in [-0.15, -0.1) is 0 Å². The molecule has 94 valence electrons. The van der Waals surface area contributed by atoms with Crippen LogP contribution in [0.5, 0.6) is 0 Å². The summed E-state index contributed by atoms with van der Waals surface area (Å²) >= 11 is 0. The highest BCUT2D eigenvalue weighted by Gasteiger charge is 2.27. The van der Waals surface area contributed by atoms with Crippen molar-refractivity contribution < 1.29 is 14.4 Å². The van der Waals surface area contributed by atoms with E-state index in [2.05, 4.69) is 15.0 Å². The highest BCUT2D eigenvalue weighted by molar-refractivity contribution is 5.74.